The standard InChI is InChI=1S/C16H23N3/c17-13-15-5-7-16(8-6-15)14-18-9-1-2-10-19-11-3-4-12-19/h5-8,18H,1-4,9-12,14H2. The molecule has 1 heterocycles. The Labute approximate surface area is 116 Å². The van der Waals surface area contributed by atoms with Gasteiger partial charge in [-0.15, -0.1) is 0 Å². The molecule has 1 fully saturated rings. The molecule has 3 nitrogen and oxygen atoms in total. The molecule has 0 bridgehead atoms. The first-order valence-electron chi connectivity index (χ1n) is 7.30. The van der Waals surface area contributed by atoms with Crippen LogP contribution in [0.5, 0.6) is 0 Å². The molecule has 19 heavy (non-hydrogen) atoms. The minimum atomic E-state index is 0.731. The molecule has 0 unspecified atom stereocenters. The van der Waals surface area contributed by atoms with Crippen LogP contribution in [-0.2, 0) is 6.54 Å². The van der Waals surface area contributed by atoms with Gasteiger partial charge in [0.2, 0.25) is 0 Å². The molecule has 1 saturated heterocycles. The van der Waals surface area contributed by atoms with E-state index in [1.165, 1.54) is 50.9 Å². The minimum absolute atomic E-state index is 0.731. The molecule has 102 valence electrons. The van der Waals surface area contributed by atoms with Crippen LogP contribution < -0.4 is 5.32 Å². The van der Waals surface area contributed by atoms with Crippen molar-refractivity contribution in [2.75, 3.05) is 26.2 Å². The van der Waals surface area contributed by atoms with Crippen molar-refractivity contribution in [1.29, 1.82) is 5.26 Å². The summed E-state index contributed by atoms with van der Waals surface area (Å²) >= 11 is 0. The molecule has 3 heteroatoms. The number of nitriles is 1. The van der Waals surface area contributed by atoms with Gasteiger partial charge in [-0.25, -0.2) is 0 Å². The van der Waals surface area contributed by atoms with Crippen molar-refractivity contribution in [3.8, 4) is 6.07 Å². The lowest BCUT2D eigenvalue weighted by atomic mass is 10.1. The number of unbranched alkanes of at least 4 members (excludes halogenated alkanes) is 1. The lowest BCUT2D eigenvalue weighted by molar-refractivity contribution is 0.329. The van der Waals surface area contributed by atoms with Crippen molar-refractivity contribution in [1.82, 2.24) is 10.2 Å². The van der Waals surface area contributed by atoms with Gasteiger partial charge in [0.25, 0.3) is 0 Å². The Kier molecular flexibility index (Phi) is 5.87. The van der Waals surface area contributed by atoms with E-state index in [-0.39, 0.29) is 0 Å². The van der Waals surface area contributed by atoms with Crippen LogP contribution in [0.25, 0.3) is 0 Å². The Hall–Kier alpha value is -1.37. The first-order chi connectivity index (χ1) is 9.38. The van der Waals surface area contributed by atoms with Crippen LogP contribution in [0.3, 0.4) is 0 Å². The molecule has 2 rings (SSSR count). The van der Waals surface area contributed by atoms with Gasteiger partial charge >= 0.3 is 0 Å². The molecule has 0 spiro atoms. The number of hydrogen-bond acceptors (Lipinski definition) is 3. The Morgan fingerprint density at radius 1 is 1.11 bits per heavy atom. The summed E-state index contributed by atoms with van der Waals surface area (Å²) in [6.07, 6.45) is 5.31. The van der Waals surface area contributed by atoms with E-state index in [0.29, 0.717) is 0 Å². The molecule has 1 aromatic rings. The van der Waals surface area contributed by atoms with Crippen molar-refractivity contribution in [2.24, 2.45) is 0 Å². The third kappa shape index (κ3) is 5.02. The molecule has 0 radical (unpaired) electrons. The van der Waals surface area contributed by atoms with Gasteiger partial charge in [0.15, 0.2) is 0 Å². The van der Waals surface area contributed by atoms with Gasteiger partial charge in [-0.05, 0) is 69.6 Å². The fourth-order valence-electron chi connectivity index (χ4n) is 2.52. The maximum atomic E-state index is 8.72. The Balaban J connectivity index is 1.52. The van der Waals surface area contributed by atoms with Gasteiger partial charge in [0.05, 0.1) is 11.6 Å². The molecule has 0 aliphatic carbocycles. The van der Waals surface area contributed by atoms with E-state index >= 15 is 0 Å². The first-order valence-corrected chi connectivity index (χ1v) is 7.30. The highest BCUT2D eigenvalue weighted by Gasteiger charge is 2.09. The van der Waals surface area contributed by atoms with Gasteiger partial charge in [-0.2, -0.15) is 5.26 Å². The van der Waals surface area contributed by atoms with Gasteiger partial charge in [-0.1, -0.05) is 12.1 Å². The van der Waals surface area contributed by atoms with Gasteiger partial charge in [0, 0.05) is 6.54 Å². The predicted octanol–water partition coefficient (Wildman–Crippen LogP) is 2.52. The summed E-state index contributed by atoms with van der Waals surface area (Å²) < 4.78 is 0. The lowest BCUT2D eigenvalue weighted by Gasteiger charge is -2.14. The van der Waals surface area contributed by atoms with Crippen molar-refractivity contribution >= 4 is 0 Å². The van der Waals surface area contributed by atoms with E-state index in [0.717, 1.165) is 18.7 Å². The zero-order chi connectivity index (χ0) is 13.3. The largest absolute Gasteiger partial charge is 0.313 e. The summed E-state index contributed by atoms with van der Waals surface area (Å²) in [6.45, 7) is 5.85. The number of nitrogens with zero attached hydrogens (tertiary/aromatic N) is 2. The van der Waals surface area contributed by atoms with E-state index in [1.54, 1.807) is 0 Å². The Morgan fingerprint density at radius 2 is 1.84 bits per heavy atom. The Bertz CT molecular complexity index is 399. The third-order valence-corrected chi connectivity index (χ3v) is 3.69. The number of rotatable bonds is 7. The first kappa shape index (κ1) is 14.0. The van der Waals surface area contributed by atoms with Gasteiger partial charge in [-0.3, -0.25) is 0 Å². The maximum Gasteiger partial charge on any atom is 0.0991 e. The summed E-state index contributed by atoms with van der Waals surface area (Å²) in [5.74, 6) is 0. The topological polar surface area (TPSA) is 39.1 Å². The minimum Gasteiger partial charge on any atom is -0.313 e. The van der Waals surface area contributed by atoms with Crippen LogP contribution in [0.4, 0.5) is 0 Å². The van der Waals surface area contributed by atoms with E-state index in [4.69, 9.17) is 5.26 Å². The number of hydrogen-bond donors (Lipinski definition) is 1. The fourth-order valence-corrected chi connectivity index (χ4v) is 2.52. The van der Waals surface area contributed by atoms with Crippen LogP contribution in [0.2, 0.25) is 0 Å². The summed E-state index contributed by atoms with van der Waals surface area (Å²) in [5.41, 5.74) is 1.98. The average Bonchev–Trinajstić information content (AvgIpc) is 2.96. The molecule has 1 aliphatic rings. The van der Waals surface area contributed by atoms with Crippen LogP contribution >= 0.6 is 0 Å². The molecule has 1 N–H and O–H groups in total. The van der Waals surface area contributed by atoms with E-state index in [9.17, 15) is 0 Å². The second-order valence-electron chi connectivity index (χ2n) is 5.24. The summed E-state index contributed by atoms with van der Waals surface area (Å²) in [6, 6.07) is 9.95. The van der Waals surface area contributed by atoms with Crippen molar-refractivity contribution in [3.05, 3.63) is 35.4 Å². The maximum absolute atomic E-state index is 8.72. The molecule has 0 amide bonds. The van der Waals surface area contributed by atoms with Crippen LogP contribution in [0, 0.1) is 11.3 Å². The zero-order valence-corrected chi connectivity index (χ0v) is 11.6. The third-order valence-electron chi connectivity index (χ3n) is 3.69. The molecule has 0 saturated carbocycles. The predicted molar refractivity (Wildman–Crippen MR) is 77.8 cm³/mol. The van der Waals surface area contributed by atoms with Gasteiger partial charge < -0.3 is 10.2 Å². The van der Waals surface area contributed by atoms with E-state index in [1.807, 2.05) is 24.3 Å². The van der Waals surface area contributed by atoms with Crippen LogP contribution in [0.15, 0.2) is 24.3 Å². The average molecular weight is 257 g/mol. The number of nitrogens with one attached hydrogen (secondary N) is 1. The molecule has 0 atom stereocenters. The van der Waals surface area contributed by atoms with Crippen molar-refractivity contribution in [2.45, 2.75) is 32.2 Å². The van der Waals surface area contributed by atoms with E-state index < -0.39 is 0 Å². The van der Waals surface area contributed by atoms with Crippen molar-refractivity contribution < 1.29 is 0 Å². The molecule has 1 aliphatic heterocycles. The number of benzene rings is 1. The highest BCUT2D eigenvalue weighted by Crippen LogP contribution is 2.08. The molecular weight excluding hydrogens is 234 g/mol. The monoisotopic (exact) mass is 257 g/mol. The van der Waals surface area contributed by atoms with Crippen molar-refractivity contribution in [3.63, 3.8) is 0 Å². The quantitative estimate of drug-likeness (QED) is 0.763. The second-order valence-corrected chi connectivity index (χ2v) is 5.24. The normalized spacial score (nSPS) is 15.5. The summed E-state index contributed by atoms with van der Waals surface area (Å²) in [5, 5.41) is 12.2. The summed E-state index contributed by atoms with van der Waals surface area (Å²) in [4.78, 5) is 2.57. The SMILES string of the molecule is N#Cc1ccc(CNCCCCN2CCCC2)cc1. The van der Waals surface area contributed by atoms with Gasteiger partial charge in [0.1, 0.15) is 0 Å². The molecular formula is C16H23N3. The highest BCUT2D eigenvalue weighted by atomic mass is 15.1. The smallest absolute Gasteiger partial charge is 0.0991 e. The van der Waals surface area contributed by atoms with Crippen LogP contribution in [0.1, 0.15) is 36.8 Å². The summed E-state index contributed by atoms with van der Waals surface area (Å²) in [7, 11) is 0. The zero-order valence-electron chi connectivity index (χ0n) is 11.6. The van der Waals surface area contributed by atoms with E-state index in [2.05, 4.69) is 16.3 Å². The fraction of sp³-hybridized carbons (Fsp3) is 0.562. The molecule has 1 aromatic carbocycles. The number of likely N-dealkylation sites (tertiary alicyclic amines) is 1. The Morgan fingerprint density at radius 3 is 2.53 bits per heavy atom. The highest BCUT2D eigenvalue weighted by molar-refractivity contribution is 5.31. The molecule has 0 aromatic heterocycles. The lowest BCUT2D eigenvalue weighted by Crippen LogP contribution is -2.22. The van der Waals surface area contributed by atoms with Crippen LogP contribution in [-0.4, -0.2) is 31.1 Å². The second kappa shape index (κ2) is 7.93.